The highest BCUT2D eigenvalue weighted by atomic mass is 79.9. The van der Waals surface area contributed by atoms with Crippen molar-refractivity contribution < 1.29 is 14.0 Å². The zero-order chi connectivity index (χ0) is 15.1. The molecule has 3 nitrogen and oxygen atoms in total. The molecule has 2 aromatic rings. The van der Waals surface area contributed by atoms with E-state index in [9.17, 15) is 14.0 Å². The van der Waals surface area contributed by atoms with Crippen molar-refractivity contribution in [2.75, 3.05) is 4.90 Å². The number of carbonyl (C=O) groups excluding carboxylic acids is 2. The average Bonchev–Trinajstić information content (AvgIpc) is 2.68. The number of Topliss-reactive ketones (excluding diaryl/α,β-unsaturated/α-hetero) is 1. The van der Waals surface area contributed by atoms with Gasteiger partial charge in [-0.3, -0.25) is 14.5 Å². The number of hydrogen-bond donors (Lipinski definition) is 0. The van der Waals surface area contributed by atoms with Gasteiger partial charge in [-0.15, -0.1) is 0 Å². The summed E-state index contributed by atoms with van der Waals surface area (Å²) in [6.45, 7) is -0.0246. The molecule has 0 aliphatic carbocycles. The summed E-state index contributed by atoms with van der Waals surface area (Å²) in [5.41, 5.74) is 1.09. The van der Waals surface area contributed by atoms with Crippen molar-refractivity contribution in [1.29, 1.82) is 0 Å². The molecular weight excluding hydrogens is 361 g/mol. The normalized spacial score (nSPS) is 13.8. The largest absolute Gasteiger partial charge is 0.299 e. The first kappa shape index (κ1) is 14.2. The maximum absolute atomic E-state index is 13.9. The van der Waals surface area contributed by atoms with Gasteiger partial charge in [0.15, 0.2) is 0 Å². The Bertz CT molecular complexity index is 778. The molecular formula is C15H8BrClFNO2. The van der Waals surface area contributed by atoms with Crippen LogP contribution in [0.3, 0.4) is 0 Å². The molecule has 3 rings (SSSR count). The lowest BCUT2D eigenvalue weighted by Crippen LogP contribution is -2.29. The number of amides is 1. The molecule has 6 heteroatoms. The van der Waals surface area contributed by atoms with Gasteiger partial charge >= 0.3 is 0 Å². The summed E-state index contributed by atoms with van der Waals surface area (Å²) in [6.07, 6.45) is 0. The molecule has 106 valence electrons. The first-order valence-electron chi connectivity index (χ1n) is 6.07. The molecule has 1 aliphatic heterocycles. The van der Waals surface area contributed by atoms with Gasteiger partial charge in [0, 0.05) is 15.1 Å². The number of benzene rings is 2. The Labute approximate surface area is 133 Å². The van der Waals surface area contributed by atoms with Gasteiger partial charge in [-0.2, -0.15) is 0 Å². The zero-order valence-electron chi connectivity index (χ0n) is 10.6. The lowest BCUT2D eigenvalue weighted by atomic mass is 10.1. The fourth-order valence-electron chi connectivity index (χ4n) is 2.28. The van der Waals surface area contributed by atoms with E-state index in [1.807, 2.05) is 0 Å². The first-order valence-corrected chi connectivity index (χ1v) is 7.25. The second-order valence-corrected chi connectivity index (χ2v) is 5.88. The fourth-order valence-corrected chi connectivity index (χ4v) is 3.02. The van der Waals surface area contributed by atoms with E-state index in [4.69, 9.17) is 11.6 Å². The Morgan fingerprint density at radius 2 is 1.95 bits per heavy atom. The quantitative estimate of drug-likeness (QED) is 0.752. The smallest absolute Gasteiger partial charge is 0.299 e. The molecule has 2 aromatic carbocycles. The maximum atomic E-state index is 13.9. The van der Waals surface area contributed by atoms with Gasteiger partial charge in [-0.05, 0) is 40.2 Å². The molecule has 0 atom stereocenters. The van der Waals surface area contributed by atoms with Gasteiger partial charge in [0.2, 0.25) is 0 Å². The van der Waals surface area contributed by atoms with Crippen LogP contribution in [0.2, 0.25) is 5.02 Å². The Kier molecular flexibility index (Phi) is 3.55. The van der Waals surface area contributed by atoms with E-state index in [-0.39, 0.29) is 11.6 Å². The molecule has 0 unspecified atom stereocenters. The molecule has 0 spiro atoms. The van der Waals surface area contributed by atoms with E-state index < -0.39 is 17.5 Å². The summed E-state index contributed by atoms with van der Waals surface area (Å²) in [7, 11) is 0. The summed E-state index contributed by atoms with van der Waals surface area (Å²) < 4.78 is 14.5. The van der Waals surface area contributed by atoms with Gasteiger partial charge in [-0.1, -0.05) is 23.7 Å². The van der Waals surface area contributed by atoms with Crippen molar-refractivity contribution >= 4 is 44.9 Å². The van der Waals surface area contributed by atoms with Gasteiger partial charge in [0.1, 0.15) is 5.82 Å². The predicted molar refractivity (Wildman–Crippen MR) is 81.1 cm³/mol. The number of rotatable bonds is 2. The molecule has 0 fully saturated rings. The van der Waals surface area contributed by atoms with E-state index >= 15 is 0 Å². The third-order valence-electron chi connectivity index (χ3n) is 3.28. The number of halogens is 3. The summed E-state index contributed by atoms with van der Waals surface area (Å²) in [4.78, 5) is 25.3. The lowest BCUT2D eigenvalue weighted by molar-refractivity contribution is -0.114. The Hall–Kier alpha value is -1.72. The summed E-state index contributed by atoms with van der Waals surface area (Å²) in [5.74, 6) is -1.75. The summed E-state index contributed by atoms with van der Waals surface area (Å²) in [5, 5.41) is 0.279. The van der Waals surface area contributed by atoms with Crippen molar-refractivity contribution in [1.82, 2.24) is 0 Å². The Morgan fingerprint density at radius 1 is 1.19 bits per heavy atom. The number of anilines is 1. The van der Waals surface area contributed by atoms with Crippen LogP contribution in [-0.2, 0) is 11.3 Å². The van der Waals surface area contributed by atoms with E-state index in [1.165, 1.54) is 17.0 Å². The van der Waals surface area contributed by atoms with Crippen molar-refractivity contribution in [3.8, 4) is 0 Å². The van der Waals surface area contributed by atoms with Crippen LogP contribution in [0, 0.1) is 5.82 Å². The predicted octanol–water partition coefficient (Wildman–Crippen LogP) is 3.97. The van der Waals surface area contributed by atoms with Gasteiger partial charge in [-0.25, -0.2) is 4.39 Å². The molecule has 0 saturated carbocycles. The van der Waals surface area contributed by atoms with Crippen LogP contribution in [0.4, 0.5) is 10.1 Å². The standard InChI is InChI=1S/C15H8BrClFNO2/c16-11-3-1-2-10-13(11)19(15(21)14(10)20)7-8-4-5-9(17)6-12(8)18/h1-6H,7H2. The molecule has 1 aliphatic rings. The number of hydrogen-bond acceptors (Lipinski definition) is 2. The zero-order valence-corrected chi connectivity index (χ0v) is 12.9. The minimum Gasteiger partial charge on any atom is -0.299 e. The van der Waals surface area contributed by atoms with E-state index in [1.54, 1.807) is 24.3 Å². The Balaban J connectivity index is 2.04. The first-order chi connectivity index (χ1) is 9.99. The second kappa shape index (κ2) is 5.24. The fraction of sp³-hybridized carbons (Fsp3) is 0.0667. The van der Waals surface area contributed by atoms with Crippen LogP contribution in [0.15, 0.2) is 40.9 Å². The molecule has 0 aromatic heterocycles. The minimum atomic E-state index is -0.661. The molecule has 0 N–H and O–H groups in total. The van der Waals surface area contributed by atoms with Crippen molar-refractivity contribution in [3.05, 3.63) is 62.8 Å². The monoisotopic (exact) mass is 367 g/mol. The highest BCUT2D eigenvalue weighted by molar-refractivity contribution is 9.10. The lowest BCUT2D eigenvalue weighted by Gasteiger charge is -2.18. The molecule has 0 radical (unpaired) electrons. The van der Waals surface area contributed by atoms with Crippen molar-refractivity contribution in [2.24, 2.45) is 0 Å². The molecule has 0 saturated heterocycles. The van der Waals surface area contributed by atoms with Gasteiger partial charge < -0.3 is 0 Å². The van der Waals surface area contributed by atoms with Crippen LogP contribution in [0.1, 0.15) is 15.9 Å². The third-order valence-corrected chi connectivity index (χ3v) is 4.16. The van der Waals surface area contributed by atoms with Gasteiger partial charge in [0.25, 0.3) is 11.7 Å². The topological polar surface area (TPSA) is 37.4 Å². The average molecular weight is 369 g/mol. The van der Waals surface area contributed by atoms with Crippen LogP contribution in [-0.4, -0.2) is 11.7 Å². The highest BCUT2D eigenvalue weighted by Crippen LogP contribution is 2.37. The number of para-hydroxylation sites is 1. The number of nitrogens with zero attached hydrogens (tertiary/aromatic N) is 1. The molecule has 1 amide bonds. The van der Waals surface area contributed by atoms with Crippen molar-refractivity contribution in [3.63, 3.8) is 0 Å². The highest BCUT2D eigenvalue weighted by Gasteiger charge is 2.37. The second-order valence-electron chi connectivity index (χ2n) is 4.59. The van der Waals surface area contributed by atoms with E-state index in [0.29, 0.717) is 21.3 Å². The van der Waals surface area contributed by atoms with E-state index in [0.717, 1.165) is 0 Å². The summed E-state index contributed by atoms with van der Waals surface area (Å²) in [6, 6.07) is 9.22. The SMILES string of the molecule is O=C1C(=O)N(Cc2ccc(Cl)cc2F)c2c(Br)cccc21. The molecule has 21 heavy (non-hydrogen) atoms. The Morgan fingerprint density at radius 3 is 2.67 bits per heavy atom. The summed E-state index contributed by atoms with van der Waals surface area (Å²) >= 11 is 9.03. The van der Waals surface area contributed by atoms with Gasteiger partial charge in [0.05, 0.1) is 17.8 Å². The molecule has 0 bridgehead atoms. The molecule has 1 heterocycles. The number of fused-ring (bicyclic) bond motifs is 1. The van der Waals surface area contributed by atoms with Crippen LogP contribution in [0.5, 0.6) is 0 Å². The minimum absolute atomic E-state index is 0.0246. The van der Waals surface area contributed by atoms with E-state index in [2.05, 4.69) is 15.9 Å². The third kappa shape index (κ3) is 2.36. The van der Waals surface area contributed by atoms with Crippen LogP contribution in [0.25, 0.3) is 0 Å². The van der Waals surface area contributed by atoms with Crippen LogP contribution >= 0.6 is 27.5 Å². The van der Waals surface area contributed by atoms with Crippen molar-refractivity contribution in [2.45, 2.75) is 6.54 Å². The van der Waals surface area contributed by atoms with Crippen LogP contribution < -0.4 is 4.90 Å². The number of carbonyl (C=O) groups is 2. The number of ketones is 1. The maximum Gasteiger partial charge on any atom is 0.299 e.